The summed E-state index contributed by atoms with van der Waals surface area (Å²) in [6.07, 6.45) is 0. The van der Waals surface area contributed by atoms with Gasteiger partial charge in [0.25, 0.3) is 0 Å². The van der Waals surface area contributed by atoms with E-state index in [0.29, 0.717) is 12.4 Å². The van der Waals surface area contributed by atoms with Gasteiger partial charge in [-0.15, -0.1) is 0 Å². The summed E-state index contributed by atoms with van der Waals surface area (Å²) in [4.78, 5) is 11.9. The molecule has 0 fully saturated rings. The van der Waals surface area contributed by atoms with Crippen molar-refractivity contribution in [2.75, 3.05) is 5.32 Å². The molecule has 1 heterocycles. The van der Waals surface area contributed by atoms with E-state index in [9.17, 15) is 4.79 Å². The van der Waals surface area contributed by atoms with Gasteiger partial charge in [0, 0.05) is 11.5 Å². The lowest BCUT2D eigenvalue weighted by atomic mass is 9.92. The minimum atomic E-state index is -0.557. The number of amides is 1. The standard InChI is InChI=1S/C17H24N4O/c1-12(18)16(22)19-15-10-14(17(2,3)4)20-21(15)11-13-8-6-5-7-9-13/h5-10,12H,11,18H2,1-4H3,(H,19,22)/t12-/m1/s1. The molecule has 0 aliphatic heterocycles. The Morgan fingerprint density at radius 2 is 1.95 bits per heavy atom. The number of rotatable bonds is 4. The van der Waals surface area contributed by atoms with E-state index in [4.69, 9.17) is 5.73 Å². The maximum atomic E-state index is 11.9. The molecule has 0 saturated carbocycles. The molecule has 5 heteroatoms. The second kappa shape index (κ2) is 6.32. The molecule has 3 N–H and O–H groups in total. The number of aromatic nitrogens is 2. The fourth-order valence-corrected chi connectivity index (χ4v) is 2.00. The average molecular weight is 300 g/mol. The molecule has 118 valence electrons. The molecule has 0 spiro atoms. The van der Waals surface area contributed by atoms with Crippen LogP contribution in [0.25, 0.3) is 0 Å². The van der Waals surface area contributed by atoms with E-state index in [1.807, 2.05) is 41.1 Å². The summed E-state index contributed by atoms with van der Waals surface area (Å²) in [5, 5.41) is 7.51. The Morgan fingerprint density at radius 3 is 2.50 bits per heavy atom. The first-order chi connectivity index (χ1) is 10.3. The average Bonchev–Trinajstić information content (AvgIpc) is 2.83. The van der Waals surface area contributed by atoms with Crippen LogP contribution in [-0.4, -0.2) is 21.7 Å². The van der Waals surface area contributed by atoms with E-state index in [-0.39, 0.29) is 11.3 Å². The Labute approximate surface area is 131 Å². The van der Waals surface area contributed by atoms with Crippen LogP contribution in [0, 0.1) is 0 Å². The van der Waals surface area contributed by atoms with Gasteiger partial charge in [0.1, 0.15) is 5.82 Å². The molecule has 0 aliphatic carbocycles. The van der Waals surface area contributed by atoms with E-state index in [2.05, 4.69) is 31.2 Å². The molecule has 0 bridgehead atoms. The van der Waals surface area contributed by atoms with Crippen LogP contribution in [0.3, 0.4) is 0 Å². The van der Waals surface area contributed by atoms with E-state index in [1.165, 1.54) is 0 Å². The Hall–Kier alpha value is -2.14. The Morgan fingerprint density at radius 1 is 1.32 bits per heavy atom. The maximum Gasteiger partial charge on any atom is 0.242 e. The summed E-state index contributed by atoms with van der Waals surface area (Å²) in [5.41, 5.74) is 7.61. The van der Waals surface area contributed by atoms with Crippen molar-refractivity contribution in [1.29, 1.82) is 0 Å². The molecule has 2 aromatic rings. The zero-order valence-electron chi connectivity index (χ0n) is 13.6. The van der Waals surface area contributed by atoms with Crippen LogP contribution in [0.2, 0.25) is 0 Å². The Bertz CT molecular complexity index is 638. The van der Waals surface area contributed by atoms with Crippen LogP contribution >= 0.6 is 0 Å². The maximum absolute atomic E-state index is 11.9. The van der Waals surface area contributed by atoms with E-state index in [1.54, 1.807) is 6.92 Å². The van der Waals surface area contributed by atoms with Crippen LogP contribution < -0.4 is 11.1 Å². The molecule has 5 nitrogen and oxygen atoms in total. The van der Waals surface area contributed by atoms with Crippen LogP contribution in [0.4, 0.5) is 5.82 Å². The highest BCUT2D eigenvalue weighted by atomic mass is 16.2. The third-order valence-electron chi connectivity index (χ3n) is 3.39. The highest BCUT2D eigenvalue weighted by Crippen LogP contribution is 2.24. The molecule has 1 aromatic carbocycles. The topological polar surface area (TPSA) is 72.9 Å². The van der Waals surface area contributed by atoms with Gasteiger partial charge in [0.15, 0.2) is 0 Å². The summed E-state index contributed by atoms with van der Waals surface area (Å²) in [6, 6.07) is 11.4. The van der Waals surface area contributed by atoms with Crippen molar-refractivity contribution >= 4 is 11.7 Å². The van der Waals surface area contributed by atoms with Crippen molar-refractivity contribution in [1.82, 2.24) is 9.78 Å². The zero-order chi connectivity index (χ0) is 16.3. The molecule has 0 saturated heterocycles. The number of nitrogens with zero attached hydrogens (tertiary/aromatic N) is 2. The smallest absolute Gasteiger partial charge is 0.242 e. The molecular formula is C17H24N4O. The summed E-state index contributed by atoms with van der Waals surface area (Å²) < 4.78 is 1.82. The van der Waals surface area contributed by atoms with E-state index < -0.39 is 6.04 Å². The van der Waals surface area contributed by atoms with Gasteiger partial charge < -0.3 is 11.1 Å². The number of anilines is 1. The molecule has 0 radical (unpaired) electrons. The zero-order valence-corrected chi connectivity index (χ0v) is 13.6. The largest absolute Gasteiger partial charge is 0.320 e. The molecule has 0 unspecified atom stereocenters. The monoisotopic (exact) mass is 300 g/mol. The quantitative estimate of drug-likeness (QED) is 0.911. The summed E-state index contributed by atoms with van der Waals surface area (Å²) in [5.74, 6) is 0.464. The van der Waals surface area contributed by atoms with Gasteiger partial charge in [-0.2, -0.15) is 5.10 Å². The number of benzene rings is 1. The molecule has 1 amide bonds. The second-order valence-electron chi connectivity index (χ2n) is 6.59. The normalized spacial score (nSPS) is 13.0. The molecular weight excluding hydrogens is 276 g/mol. The van der Waals surface area contributed by atoms with E-state index >= 15 is 0 Å². The van der Waals surface area contributed by atoms with Crippen molar-refractivity contribution in [3.05, 3.63) is 47.7 Å². The Kier molecular flexibility index (Phi) is 4.66. The van der Waals surface area contributed by atoms with Crippen molar-refractivity contribution in [3.8, 4) is 0 Å². The predicted molar refractivity (Wildman–Crippen MR) is 88.8 cm³/mol. The van der Waals surface area contributed by atoms with Crippen molar-refractivity contribution < 1.29 is 4.79 Å². The van der Waals surface area contributed by atoms with Crippen LogP contribution in [0.5, 0.6) is 0 Å². The number of hydrogen-bond donors (Lipinski definition) is 2. The lowest BCUT2D eigenvalue weighted by molar-refractivity contribution is -0.117. The first kappa shape index (κ1) is 16.2. The third kappa shape index (κ3) is 3.95. The van der Waals surface area contributed by atoms with Crippen LogP contribution in [-0.2, 0) is 16.8 Å². The highest BCUT2D eigenvalue weighted by molar-refractivity contribution is 5.93. The first-order valence-corrected chi connectivity index (χ1v) is 7.46. The Balaban J connectivity index is 2.33. The molecule has 22 heavy (non-hydrogen) atoms. The lowest BCUT2D eigenvalue weighted by Gasteiger charge is -2.14. The SMILES string of the molecule is C[C@@H](N)C(=O)Nc1cc(C(C)(C)C)nn1Cc1ccccc1. The van der Waals surface area contributed by atoms with Crippen molar-refractivity contribution in [3.63, 3.8) is 0 Å². The van der Waals surface area contributed by atoms with Gasteiger partial charge in [0.05, 0.1) is 18.3 Å². The summed E-state index contributed by atoms with van der Waals surface area (Å²) in [7, 11) is 0. The van der Waals surface area contributed by atoms with Gasteiger partial charge in [0.2, 0.25) is 5.91 Å². The third-order valence-corrected chi connectivity index (χ3v) is 3.39. The minimum absolute atomic E-state index is 0.0876. The van der Waals surface area contributed by atoms with Crippen LogP contribution in [0.15, 0.2) is 36.4 Å². The van der Waals surface area contributed by atoms with Crippen LogP contribution in [0.1, 0.15) is 39.0 Å². The van der Waals surface area contributed by atoms with Gasteiger partial charge in [-0.25, -0.2) is 4.68 Å². The number of carbonyl (C=O) groups excluding carboxylic acids is 1. The second-order valence-corrected chi connectivity index (χ2v) is 6.59. The molecule has 1 aromatic heterocycles. The minimum Gasteiger partial charge on any atom is -0.320 e. The number of carbonyl (C=O) groups is 1. The number of nitrogens with one attached hydrogen (secondary N) is 1. The van der Waals surface area contributed by atoms with Gasteiger partial charge >= 0.3 is 0 Å². The predicted octanol–water partition coefficient (Wildman–Crippen LogP) is 2.51. The number of nitrogens with two attached hydrogens (primary N) is 1. The fourth-order valence-electron chi connectivity index (χ4n) is 2.00. The van der Waals surface area contributed by atoms with Crippen molar-refractivity contribution in [2.45, 2.75) is 45.7 Å². The van der Waals surface area contributed by atoms with Gasteiger partial charge in [-0.1, -0.05) is 51.1 Å². The molecule has 0 aliphatic rings. The molecule has 1 atom stereocenters. The molecule has 2 rings (SSSR count). The highest BCUT2D eigenvalue weighted by Gasteiger charge is 2.21. The summed E-state index contributed by atoms with van der Waals surface area (Å²) in [6.45, 7) is 8.56. The lowest BCUT2D eigenvalue weighted by Crippen LogP contribution is -2.33. The van der Waals surface area contributed by atoms with E-state index in [0.717, 1.165) is 11.3 Å². The van der Waals surface area contributed by atoms with Gasteiger partial charge in [-0.05, 0) is 12.5 Å². The number of hydrogen-bond acceptors (Lipinski definition) is 3. The first-order valence-electron chi connectivity index (χ1n) is 7.46. The summed E-state index contributed by atoms with van der Waals surface area (Å²) >= 11 is 0. The van der Waals surface area contributed by atoms with Gasteiger partial charge in [-0.3, -0.25) is 4.79 Å². The fraction of sp³-hybridized carbons (Fsp3) is 0.412. The van der Waals surface area contributed by atoms with Crippen molar-refractivity contribution in [2.24, 2.45) is 5.73 Å².